The molecule has 3 rings (SSSR count). The summed E-state index contributed by atoms with van der Waals surface area (Å²) in [6.07, 6.45) is 2.03. The number of thiazole rings is 1. The summed E-state index contributed by atoms with van der Waals surface area (Å²) in [5.41, 5.74) is 1.58. The molecule has 1 fully saturated rings. The molecule has 1 aliphatic rings. The van der Waals surface area contributed by atoms with Crippen LogP contribution in [0, 0.1) is 6.92 Å². The monoisotopic (exact) mass is 356 g/mol. The van der Waals surface area contributed by atoms with Crippen molar-refractivity contribution >= 4 is 26.3 Å². The van der Waals surface area contributed by atoms with Gasteiger partial charge in [-0.05, 0) is 19.9 Å². The fourth-order valence-corrected chi connectivity index (χ4v) is 4.61. The Hall–Kier alpha value is -1.29. The summed E-state index contributed by atoms with van der Waals surface area (Å²) < 4.78 is 26.4. The van der Waals surface area contributed by atoms with Crippen LogP contribution in [0.4, 0.5) is 0 Å². The second-order valence-corrected chi connectivity index (χ2v) is 8.69. The minimum absolute atomic E-state index is 0.0589. The van der Waals surface area contributed by atoms with Crippen LogP contribution in [0.25, 0.3) is 4.96 Å². The molecule has 2 aromatic heterocycles. The van der Waals surface area contributed by atoms with Crippen molar-refractivity contribution in [3.8, 4) is 0 Å². The number of aromatic nitrogens is 2. The van der Waals surface area contributed by atoms with Crippen LogP contribution in [-0.2, 0) is 16.6 Å². The third-order valence-electron chi connectivity index (χ3n) is 4.03. The molecule has 0 spiro atoms. The van der Waals surface area contributed by atoms with Crippen molar-refractivity contribution in [1.29, 1.82) is 0 Å². The van der Waals surface area contributed by atoms with Crippen LogP contribution in [-0.4, -0.2) is 59.4 Å². The summed E-state index contributed by atoms with van der Waals surface area (Å²) in [6, 6.07) is 1.58. The lowest BCUT2D eigenvalue weighted by molar-refractivity contribution is 0.275. The Morgan fingerprint density at radius 1 is 1.26 bits per heavy atom. The first-order valence-corrected chi connectivity index (χ1v) is 10.2. The van der Waals surface area contributed by atoms with E-state index < -0.39 is 10.0 Å². The van der Waals surface area contributed by atoms with E-state index in [2.05, 4.69) is 9.88 Å². The Morgan fingerprint density at radius 2 is 2.04 bits per heavy atom. The normalized spacial score (nSPS) is 18.3. The predicted octanol–water partition coefficient (Wildman–Crippen LogP) is 0.532. The highest BCUT2D eigenvalue weighted by Crippen LogP contribution is 2.13. The van der Waals surface area contributed by atoms with E-state index in [0.29, 0.717) is 31.1 Å². The molecule has 0 radical (unpaired) electrons. The first-order valence-electron chi connectivity index (χ1n) is 7.49. The number of rotatable bonds is 3. The topological polar surface area (TPSA) is 75.0 Å². The van der Waals surface area contributed by atoms with Gasteiger partial charge in [-0.3, -0.25) is 14.1 Å². The first-order chi connectivity index (χ1) is 10.8. The molecule has 0 bridgehead atoms. The van der Waals surface area contributed by atoms with Gasteiger partial charge in [0.2, 0.25) is 10.0 Å². The van der Waals surface area contributed by atoms with Crippen LogP contribution in [0.5, 0.6) is 0 Å². The largest absolute Gasteiger partial charge is 0.296 e. The van der Waals surface area contributed by atoms with Crippen LogP contribution in [0.3, 0.4) is 0 Å². The molecule has 0 aromatic carbocycles. The average molecular weight is 356 g/mol. The molecule has 1 saturated heterocycles. The molecule has 0 saturated carbocycles. The maximum Gasteiger partial charge on any atom is 0.259 e. The average Bonchev–Trinajstić information content (AvgIpc) is 2.68. The summed E-state index contributed by atoms with van der Waals surface area (Å²) in [4.78, 5) is 19.6. The van der Waals surface area contributed by atoms with Gasteiger partial charge < -0.3 is 0 Å². The summed E-state index contributed by atoms with van der Waals surface area (Å²) >= 11 is 1.46. The number of aryl methyl sites for hydroxylation is 1. The molecule has 0 atom stereocenters. The van der Waals surface area contributed by atoms with Gasteiger partial charge in [0.25, 0.3) is 5.56 Å². The number of nitrogens with zero attached hydrogens (tertiary/aromatic N) is 4. The van der Waals surface area contributed by atoms with Gasteiger partial charge in [0.1, 0.15) is 0 Å². The van der Waals surface area contributed by atoms with Crippen LogP contribution in [0.1, 0.15) is 17.8 Å². The van der Waals surface area contributed by atoms with E-state index in [4.69, 9.17) is 0 Å². The zero-order valence-corrected chi connectivity index (χ0v) is 14.9. The highest BCUT2D eigenvalue weighted by Gasteiger charge is 2.21. The molecule has 0 aliphatic carbocycles. The predicted molar refractivity (Wildman–Crippen MR) is 90.4 cm³/mol. The van der Waals surface area contributed by atoms with Gasteiger partial charge in [0.15, 0.2) is 4.96 Å². The Balaban J connectivity index is 1.76. The van der Waals surface area contributed by atoms with Gasteiger partial charge in [-0.15, -0.1) is 11.3 Å². The molecule has 0 amide bonds. The maximum atomic E-state index is 12.2. The van der Waals surface area contributed by atoms with Gasteiger partial charge in [0.05, 0.1) is 11.9 Å². The zero-order chi connectivity index (χ0) is 16.6. The van der Waals surface area contributed by atoms with Crippen molar-refractivity contribution in [2.75, 3.05) is 32.4 Å². The van der Waals surface area contributed by atoms with E-state index in [1.54, 1.807) is 10.5 Å². The van der Waals surface area contributed by atoms with E-state index in [-0.39, 0.29) is 5.56 Å². The maximum absolute atomic E-state index is 12.2. The van der Waals surface area contributed by atoms with Gasteiger partial charge in [-0.1, -0.05) is 0 Å². The lowest BCUT2D eigenvalue weighted by atomic mass is 10.3. The highest BCUT2D eigenvalue weighted by molar-refractivity contribution is 7.88. The third kappa shape index (κ3) is 3.63. The second kappa shape index (κ2) is 6.31. The van der Waals surface area contributed by atoms with E-state index in [9.17, 15) is 13.2 Å². The molecule has 1 aliphatic heterocycles. The standard InChI is InChI=1S/C14H20N4O3S2/c1-11-10-22-14-15-12(8-13(19)18(11)14)9-16-4-3-5-17(7-6-16)23(2,20)21/h8,10H,3-7,9H2,1-2H3. The number of fused-ring (bicyclic) bond motifs is 1. The molecule has 0 unspecified atom stereocenters. The van der Waals surface area contributed by atoms with E-state index in [1.165, 1.54) is 21.9 Å². The van der Waals surface area contributed by atoms with Crippen LogP contribution in [0.2, 0.25) is 0 Å². The second-order valence-electron chi connectivity index (χ2n) is 5.87. The summed E-state index contributed by atoms with van der Waals surface area (Å²) in [5, 5.41) is 1.92. The highest BCUT2D eigenvalue weighted by atomic mass is 32.2. The Bertz CT molecular complexity index is 872. The van der Waals surface area contributed by atoms with Crippen molar-refractivity contribution in [3.63, 3.8) is 0 Å². The first kappa shape index (κ1) is 16.6. The van der Waals surface area contributed by atoms with Crippen LogP contribution in [0.15, 0.2) is 16.2 Å². The minimum Gasteiger partial charge on any atom is -0.296 e. The summed E-state index contributed by atoms with van der Waals surface area (Å²) in [5.74, 6) is 0. The third-order valence-corrected chi connectivity index (χ3v) is 6.28. The van der Waals surface area contributed by atoms with Gasteiger partial charge in [0, 0.05) is 43.3 Å². The molecular weight excluding hydrogens is 336 g/mol. The van der Waals surface area contributed by atoms with E-state index >= 15 is 0 Å². The molecular formula is C14H20N4O3S2. The fraction of sp³-hybridized carbons (Fsp3) is 0.571. The molecule has 0 N–H and O–H groups in total. The van der Waals surface area contributed by atoms with Gasteiger partial charge in [-0.25, -0.2) is 17.7 Å². The summed E-state index contributed by atoms with van der Waals surface area (Å²) in [6.45, 7) is 4.95. The van der Waals surface area contributed by atoms with E-state index in [0.717, 1.165) is 24.4 Å². The number of sulfonamides is 1. The molecule has 126 valence electrons. The minimum atomic E-state index is -3.14. The number of hydrogen-bond acceptors (Lipinski definition) is 6. The Kier molecular flexibility index (Phi) is 4.54. The fourth-order valence-electron chi connectivity index (χ4n) is 2.85. The van der Waals surface area contributed by atoms with Crippen molar-refractivity contribution in [2.24, 2.45) is 0 Å². The van der Waals surface area contributed by atoms with Crippen molar-refractivity contribution in [3.05, 3.63) is 33.2 Å². The van der Waals surface area contributed by atoms with Crippen molar-refractivity contribution < 1.29 is 8.42 Å². The van der Waals surface area contributed by atoms with Crippen LogP contribution < -0.4 is 5.56 Å². The Labute approximate surface area is 139 Å². The summed E-state index contributed by atoms with van der Waals surface area (Å²) in [7, 11) is -3.14. The lowest BCUT2D eigenvalue weighted by Gasteiger charge is -2.20. The van der Waals surface area contributed by atoms with Gasteiger partial charge >= 0.3 is 0 Å². The van der Waals surface area contributed by atoms with E-state index in [1.807, 2.05) is 12.3 Å². The molecule has 23 heavy (non-hydrogen) atoms. The van der Waals surface area contributed by atoms with Crippen molar-refractivity contribution in [2.45, 2.75) is 19.9 Å². The molecule has 7 nitrogen and oxygen atoms in total. The smallest absolute Gasteiger partial charge is 0.259 e. The zero-order valence-electron chi connectivity index (χ0n) is 13.2. The quantitative estimate of drug-likeness (QED) is 0.802. The molecule has 9 heteroatoms. The molecule has 3 heterocycles. The van der Waals surface area contributed by atoms with Crippen LogP contribution >= 0.6 is 11.3 Å². The molecule has 2 aromatic rings. The Morgan fingerprint density at radius 3 is 2.78 bits per heavy atom. The van der Waals surface area contributed by atoms with Crippen molar-refractivity contribution in [1.82, 2.24) is 18.6 Å². The van der Waals surface area contributed by atoms with Gasteiger partial charge in [-0.2, -0.15) is 0 Å². The number of hydrogen-bond donors (Lipinski definition) is 0. The lowest BCUT2D eigenvalue weighted by Crippen LogP contribution is -2.34. The SMILES string of the molecule is Cc1csc2nc(CN3CCCN(S(C)(=O)=O)CC3)cc(=O)n12.